The summed E-state index contributed by atoms with van der Waals surface area (Å²) in [5.41, 5.74) is 1.27. The van der Waals surface area contributed by atoms with Crippen molar-refractivity contribution in [3.8, 4) is 5.75 Å². The summed E-state index contributed by atoms with van der Waals surface area (Å²) in [4.78, 5) is 0. The molecule has 2 heteroatoms. The average Bonchev–Trinajstić information content (AvgIpc) is 2.30. The van der Waals surface area contributed by atoms with Crippen LogP contribution in [-0.4, -0.2) is 13.2 Å². The van der Waals surface area contributed by atoms with Crippen molar-refractivity contribution in [1.82, 2.24) is 5.32 Å². The lowest BCUT2D eigenvalue weighted by molar-refractivity contribution is 0.324. The minimum atomic E-state index is 0.704. The summed E-state index contributed by atoms with van der Waals surface area (Å²) in [6, 6.07) is 8.23. The molecule has 0 radical (unpaired) electrons. The molecule has 0 bridgehead atoms. The molecule has 0 saturated carbocycles. The first-order valence-corrected chi connectivity index (χ1v) is 5.90. The van der Waals surface area contributed by atoms with Gasteiger partial charge in [-0.15, -0.1) is 6.58 Å². The van der Waals surface area contributed by atoms with Crippen molar-refractivity contribution in [1.29, 1.82) is 0 Å². The van der Waals surface area contributed by atoms with Gasteiger partial charge >= 0.3 is 0 Å². The third-order valence-corrected chi connectivity index (χ3v) is 2.25. The first-order valence-electron chi connectivity index (χ1n) is 5.90. The Morgan fingerprint density at radius 2 is 2.31 bits per heavy atom. The summed E-state index contributed by atoms with van der Waals surface area (Å²) in [6.07, 6.45) is 3.92. The molecule has 0 aliphatic carbocycles. The maximum atomic E-state index is 5.59. The minimum absolute atomic E-state index is 0.704. The molecule has 0 heterocycles. The molecule has 2 nitrogen and oxygen atoms in total. The van der Waals surface area contributed by atoms with Gasteiger partial charge in [0.1, 0.15) is 5.75 Å². The molecular formula is C14H21NO. The lowest BCUT2D eigenvalue weighted by Gasteiger charge is -2.07. The molecule has 0 amide bonds. The van der Waals surface area contributed by atoms with Gasteiger partial charge in [-0.25, -0.2) is 0 Å². The molecule has 1 N–H and O–H groups in total. The van der Waals surface area contributed by atoms with Gasteiger partial charge in [-0.1, -0.05) is 25.1 Å². The fourth-order valence-corrected chi connectivity index (χ4v) is 1.41. The molecule has 0 atom stereocenters. The van der Waals surface area contributed by atoms with Crippen LogP contribution < -0.4 is 10.1 Å². The predicted molar refractivity (Wildman–Crippen MR) is 68.7 cm³/mol. The SMILES string of the molecule is C=CCCOc1cccc(CNCCC)c1. The topological polar surface area (TPSA) is 21.3 Å². The minimum Gasteiger partial charge on any atom is -0.493 e. The van der Waals surface area contributed by atoms with Crippen LogP contribution in [0.2, 0.25) is 0 Å². The summed E-state index contributed by atoms with van der Waals surface area (Å²) in [6.45, 7) is 8.51. The van der Waals surface area contributed by atoms with E-state index in [1.807, 2.05) is 18.2 Å². The Hall–Kier alpha value is -1.28. The Balaban J connectivity index is 2.40. The second-order valence-corrected chi connectivity index (χ2v) is 3.75. The molecule has 0 fully saturated rings. The molecule has 88 valence electrons. The molecule has 1 aromatic carbocycles. The van der Waals surface area contributed by atoms with Crippen molar-refractivity contribution in [3.63, 3.8) is 0 Å². The van der Waals surface area contributed by atoms with E-state index >= 15 is 0 Å². The maximum Gasteiger partial charge on any atom is 0.119 e. The van der Waals surface area contributed by atoms with Crippen molar-refractivity contribution in [3.05, 3.63) is 42.5 Å². The van der Waals surface area contributed by atoms with Crippen LogP contribution in [0.5, 0.6) is 5.75 Å². The zero-order valence-electron chi connectivity index (χ0n) is 10.0. The van der Waals surface area contributed by atoms with Crippen LogP contribution in [0, 0.1) is 0 Å². The van der Waals surface area contributed by atoms with E-state index in [1.54, 1.807) is 0 Å². The Morgan fingerprint density at radius 1 is 1.44 bits per heavy atom. The van der Waals surface area contributed by atoms with Gasteiger partial charge in [0.15, 0.2) is 0 Å². The van der Waals surface area contributed by atoms with Gasteiger partial charge in [0.2, 0.25) is 0 Å². The lowest BCUT2D eigenvalue weighted by Crippen LogP contribution is -2.13. The molecule has 1 aromatic rings. The largest absolute Gasteiger partial charge is 0.493 e. The van der Waals surface area contributed by atoms with Crippen LogP contribution in [0.15, 0.2) is 36.9 Å². The second kappa shape index (κ2) is 7.94. The molecule has 0 aliphatic rings. The van der Waals surface area contributed by atoms with Gasteiger partial charge in [0, 0.05) is 6.54 Å². The highest BCUT2D eigenvalue weighted by atomic mass is 16.5. The van der Waals surface area contributed by atoms with E-state index < -0.39 is 0 Å². The fourth-order valence-electron chi connectivity index (χ4n) is 1.41. The zero-order valence-corrected chi connectivity index (χ0v) is 10.0. The van der Waals surface area contributed by atoms with Gasteiger partial charge in [-0.05, 0) is 37.1 Å². The van der Waals surface area contributed by atoms with E-state index in [-0.39, 0.29) is 0 Å². The molecule has 0 aliphatic heterocycles. The monoisotopic (exact) mass is 219 g/mol. The molecule has 0 unspecified atom stereocenters. The van der Waals surface area contributed by atoms with E-state index in [9.17, 15) is 0 Å². The van der Waals surface area contributed by atoms with Crippen molar-refractivity contribution in [2.45, 2.75) is 26.3 Å². The normalized spacial score (nSPS) is 10.1. The number of rotatable bonds is 8. The average molecular weight is 219 g/mol. The molecule has 0 saturated heterocycles. The van der Waals surface area contributed by atoms with Crippen molar-refractivity contribution >= 4 is 0 Å². The third-order valence-electron chi connectivity index (χ3n) is 2.25. The van der Waals surface area contributed by atoms with Crippen LogP contribution in [0.1, 0.15) is 25.3 Å². The van der Waals surface area contributed by atoms with E-state index in [1.165, 1.54) is 5.56 Å². The van der Waals surface area contributed by atoms with Gasteiger partial charge in [0.05, 0.1) is 6.61 Å². The first kappa shape index (κ1) is 12.8. The molecule has 1 rings (SSSR count). The zero-order chi connectivity index (χ0) is 11.6. The molecule has 16 heavy (non-hydrogen) atoms. The smallest absolute Gasteiger partial charge is 0.119 e. The Bertz CT molecular complexity index is 309. The lowest BCUT2D eigenvalue weighted by atomic mass is 10.2. The highest BCUT2D eigenvalue weighted by Crippen LogP contribution is 2.13. The maximum absolute atomic E-state index is 5.59. The number of hydrogen-bond acceptors (Lipinski definition) is 2. The Kier molecular flexibility index (Phi) is 6.35. The van der Waals surface area contributed by atoms with Gasteiger partial charge in [0.25, 0.3) is 0 Å². The van der Waals surface area contributed by atoms with Crippen LogP contribution in [0.25, 0.3) is 0 Å². The number of benzene rings is 1. The summed E-state index contributed by atoms with van der Waals surface area (Å²) in [5, 5.41) is 3.37. The third kappa shape index (κ3) is 4.99. The van der Waals surface area contributed by atoms with E-state index in [0.29, 0.717) is 6.61 Å². The molecular weight excluding hydrogens is 198 g/mol. The van der Waals surface area contributed by atoms with Crippen LogP contribution in [-0.2, 0) is 6.54 Å². The Labute approximate surface area is 98.3 Å². The van der Waals surface area contributed by atoms with E-state index in [0.717, 1.165) is 31.7 Å². The van der Waals surface area contributed by atoms with E-state index in [2.05, 4.69) is 31.0 Å². The van der Waals surface area contributed by atoms with Gasteiger partial charge in [-0.3, -0.25) is 0 Å². The quantitative estimate of drug-likeness (QED) is 0.535. The number of hydrogen-bond donors (Lipinski definition) is 1. The highest BCUT2D eigenvalue weighted by molar-refractivity contribution is 5.28. The van der Waals surface area contributed by atoms with Crippen LogP contribution in [0.4, 0.5) is 0 Å². The fraction of sp³-hybridized carbons (Fsp3) is 0.429. The van der Waals surface area contributed by atoms with Crippen LogP contribution >= 0.6 is 0 Å². The summed E-state index contributed by atoms with van der Waals surface area (Å²) in [7, 11) is 0. The Morgan fingerprint density at radius 3 is 3.06 bits per heavy atom. The van der Waals surface area contributed by atoms with E-state index in [4.69, 9.17) is 4.74 Å². The number of ether oxygens (including phenoxy) is 1. The number of nitrogens with one attached hydrogen (secondary N) is 1. The van der Waals surface area contributed by atoms with Crippen LogP contribution in [0.3, 0.4) is 0 Å². The molecule has 0 spiro atoms. The summed E-state index contributed by atoms with van der Waals surface area (Å²) in [5.74, 6) is 0.942. The van der Waals surface area contributed by atoms with Gasteiger partial charge in [-0.2, -0.15) is 0 Å². The summed E-state index contributed by atoms with van der Waals surface area (Å²) >= 11 is 0. The summed E-state index contributed by atoms with van der Waals surface area (Å²) < 4.78 is 5.59. The van der Waals surface area contributed by atoms with Crippen molar-refractivity contribution in [2.24, 2.45) is 0 Å². The van der Waals surface area contributed by atoms with Crippen molar-refractivity contribution in [2.75, 3.05) is 13.2 Å². The van der Waals surface area contributed by atoms with Crippen molar-refractivity contribution < 1.29 is 4.74 Å². The highest BCUT2D eigenvalue weighted by Gasteiger charge is 1.96. The predicted octanol–water partition coefficient (Wildman–Crippen LogP) is 3.14. The first-order chi connectivity index (χ1) is 7.86. The standard InChI is InChI=1S/C14H21NO/c1-3-5-10-16-14-8-6-7-13(11-14)12-15-9-4-2/h3,6-8,11,15H,1,4-5,9-10,12H2,2H3. The molecule has 0 aromatic heterocycles. The second-order valence-electron chi connectivity index (χ2n) is 3.75. The van der Waals surface area contributed by atoms with Gasteiger partial charge < -0.3 is 10.1 Å².